The van der Waals surface area contributed by atoms with E-state index in [0.29, 0.717) is 5.56 Å². The summed E-state index contributed by atoms with van der Waals surface area (Å²) in [4.78, 5) is 23.2. The first-order chi connectivity index (χ1) is 9.22. The van der Waals surface area contributed by atoms with Crippen LogP contribution >= 0.6 is 0 Å². The van der Waals surface area contributed by atoms with E-state index in [-0.39, 0.29) is 5.91 Å². The minimum Gasteiger partial charge on any atom is -0.339 e. The molecule has 0 N–H and O–H groups in total. The summed E-state index contributed by atoms with van der Waals surface area (Å²) in [6.45, 7) is 5.64. The fourth-order valence-electron chi connectivity index (χ4n) is 2.59. The van der Waals surface area contributed by atoms with Crippen molar-refractivity contribution in [3.05, 3.63) is 23.3 Å². The molecule has 0 atom stereocenters. The van der Waals surface area contributed by atoms with Gasteiger partial charge >= 0.3 is 0 Å². The van der Waals surface area contributed by atoms with E-state index in [1.54, 1.807) is 6.20 Å². The Morgan fingerprint density at radius 3 is 2.47 bits per heavy atom. The third-order valence-corrected chi connectivity index (χ3v) is 3.70. The molecule has 0 bridgehead atoms. The van der Waals surface area contributed by atoms with Crippen LogP contribution in [-0.4, -0.2) is 33.9 Å². The van der Waals surface area contributed by atoms with Crippen molar-refractivity contribution in [2.45, 2.75) is 52.4 Å². The van der Waals surface area contributed by atoms with E-state index in [9.17, 15) is 4.79 Å². The summed E-state index contributed by atoms with van der Waals surface area (Å²) in [6.07, 6.45) is 8.46. The molecule has 0 unspecified atom stereocenters. The number of carbonyl (C=O) groups is 1. The molecule has 1 aliphatic rings. The molecule has 1 fully saturated rings. The standard InChI is InChI=1S/C15H23N3O/c1-3-14-13(11-16-12(2)17-14)15(19)18-9-7-5-4-6-8-10-18/h11H,3-10H2,1-2H3. The Balaban J connectivity index is 2.17. The second-order valence-electron chi connectivity index (χ2n) is 5.19. The van der Waals surface area contributed by atoms with E-state index >= 15 is 0 Å². The Kier molecular flexibility index (Phi) is 4.88. The normalized spacial score (nSPS) is 16.8. The Hall–Kier alpha value is -1.45. The molecule has 1 saturated heterocycles. The van der Waals surface area contributed by atoms with Gasteiger partial charge in [0.25, 0.3) is 5.91 Å². The average molecular weight is 261 g/mol. The van der Waals surface area contributed by atoms with Crippen LogP contribution in [0.4, 0.5) is 0 Å². The van der Waals surface area contributed by atoms with Crippen molar-refractivity contribution in [2.75, 3.05) is 13.1 Å². The maximum Gasteiger partial charge on any atom is 0.257 e. The number of hydrogen-bond donors (Lipinski definition) is 0. The van der Waals surface area contributed by atoms with E-state index < -0.39 is 0 Å². The molecule has 0 aromatic carbocycles. The molecule has 1 aliphatic heterocycles. The molecule has 1 amide bonds. The van der Waals surface area contributed by atoms with Gasteiger partial charge in [-0.25, -0.2) is 9.97 Å². The van der Waals surface area contributed by atoms with Gasteiger partial charge in [-0.05, 0) is 26.2 Å². The minimum atomic E-state index is 0.110. The zero-order valence-electron chi connectivity index (χ0n) is 12.0. The highest BCUT2D eigenvalue weighted by Crippen LogP contribution is 2.15. The van der Waals surface area contributed by atoms with Gasteiger partial charge in [-0.3, -0.25) is 4.79 Å². The maximum absolute atomic E-state index is 12.6. The predicted molar refractivity (Wildman–Crippen MR) is 75.1 cm³/mol. The Bertz CT molecular complexity index is 437. The van der Waals surface area contributed by atoms with Crippen molar-refractivity contribution in [2.24, 2.45) is 0 Å². The molecule has 0 aliphatic carbocycles. The van der Waals surface area contributed by atoms with Crippen LogP contribution in [0.25, 0.3) is 0 Å². The first-order valence-electron chi connectivity index (χ1n) is 7.34. The van der Waals surface area contributed by atoms with Crippen molar-refractivity contribution in [1.82, 2.24) is 14.9 Å². The number of nitrogens with zero attached hydrogens (tertiary/aromatic N) is 3. The van der Waals surface area contributed by atoms with Crippen LogP contribution in [0, 0.1) is 6.92 Å². The summed E-state index contributed by atoms with van der Waals surface area (Å²) in [5.41, 5.74) is 1.56. The quantitative estimate of drug-likeness (QED) is 0.822. The monoisotopic (exact) mass is 261 g/mol. The topological polar surface area (TPSA) is 46.1 Å². The van der Waals surface area contributed by atoms with Crippen molar-refractivity contribution >= 4 is 5.91 Å². The van der Waals surface area contributed by atoms with Crippen molar-refractivity contribution in [3.63, 3.8) is 0 Å². The lowest BCUT2D eigenvalue weighted by molar-refractivity contribution is 0.0740. The van der Waals surface area contributed by atoms with Crippen molar-refractivity contribution in [3.8, 4) is 0 Å². The molecular formula is C15H23N3O. The van der Waals surface area contributed by atoms with Gasteiger partial charge in [-0.1, -0.05) is 26.2 Å². The van der Waals surface area contributed by atoms with E-state index in [1.165, 1.54) is 19.3 Å². The van der Waals surface area contributed by atoms with Crippen LogP contribution < -0.4 is 0 Å². The summed E-state index contributed by atoms with van der Waals surface area (Å²) in [5.74, 6) is 0.847. The van der Waals surface area contributed by atoms with Gasteiger partial charge in [0.1, 0.15) is 5.82 Å². The number of hydrogen-bond acceptors (Lipinski definition) is 3. The maximum atomic E-state index is 12.6. The largest absolute Gasteiger partial charge is 0.339 e. The highest BCUT2D eigenvalue weighted by atomic mass is 16.2. The van der Waals surface area contributed by atoms with Crippen LogP contribution in [-0.2, 0) is 6.42 Å². The molecule has 0 spiro atoms. The summed E-state index contributed by atoms with van der Waals surface area (Å²) in [6, 6.07) is 0. The van der Waals surface area contributed by atoms with Gasteiger partial charge in [0.15, 0.2) is 0 Å². The number of carbonyl (C=O) groups excluding carboxylic acids is 1. The van der Waals surface area contributed by atoms with Gasteiger partial charge < -0.3 is 4.90 Å². The zero-order valence-corrected chi connectivity index (χ0v) is 12.0. The third kappa shape index (κ3) is 3.52. The Morgan fingerprint density at radius 1 is 1.21 bits per heavy atom. The number of aryl methyl sites for hydroxylation is 2. The smallest absolute Gasteiger partial charge is 0.257 e. The zero-order chi connectivity index (χ0) is 13.7. The molecule has 1 aromatic rings. The van der Waals surface area contributed by atoms with Crippen molar-refractivity contribution < 1.29 is 4.79 Å². The van der Waals surface area contributed by atoms with E-state index in [4.69, 9.17) is 0 Å². The van der Waals surface area contributed by atoms with Crippen LogP contribution in [0.15, 0.2) is 6.20 Å². The Morgan fingerprint density at radius 2 is 1.84 bits per heavy atom. The Labute approximate surface area is 115 Å². The van der Waals surface area contributed by atoms with E-state index in [1.807, 2.05) is 18.7 Å². The van der Waals surface area contributed by atoms with Gasteiger partial charge in [-0.15, -0.1) is 0 Å². The lowest BCUT2D eigenvalue weighted by Crippen LogP contribution is -2.34. The molecule has 4 nitrogen and oxygen atoms in total. The fourth-order valence-corrected chi connectivity index (χ4v) is 2.59. The van der Waals surface area contributed by atoms with Gasteiger partial charge in [0.05, 0.1) is 11.3 Å². The second-order valence-corrected chi connectivity index (χ2v) is 5.19. The highest BCUT2D eigenvalue weighted by Gasteiger charge is 2.20. The molecule has 2 heterocycles. The number of rotatable bonds is 2. The highest BCUT2D eigenvalue weighted by molar-refractivity contribution is 5.95. The average Bonchev–Trinajstić information content (AvgIpc) is 2.37. The molecule has 0 saturated carbocycles. The molecule has 1 aromatic heterocycles. The predicted octanol–water partition coefficient (Wildman–Crippen LogP) is 2.75. The number of likely N-dealkylation sites (tertiary alicyclic amines) is 1. The first kappa shape index (κ1) is 14.0. The minimum absolute atomic E-state index is 0.110. The van der Waals surface area contributed by atoms with Crippen LogP contribution in [0.5, 0.6) is 0 Å². The SMILES string of the molecule is CCc1nc(C)ncc1C(=O)N1CCCCCCC1. The van der Waals surface area contributed by atoms with Crippen LogP contribution in [0.1, 0.15) is 60.9 Å². The second kappa shape index (κ2) is 6.64. The van der Waals surface area contributed by atoms with Gasteiger partial charge in [-0.2, -0.15) is 0 Å². The third-order valence-electron chi connectivity index (χ3n) is 3.70. The number of aromatic nitrogens is 2. The van der Waals surface area contributed by atoms with Crippen LogP contribution in [0.3, 0.4) is 0 Å². The van der Waals surface area contributed by atoms with Crippen LogP contribution in [0.2, 0.25) is 0 Å². The van der Waals surface area contributed by atoms with E-state index in [0.717, 1.165) is 43.9 Å². The fraction of sp³-hybridized carbons (Fsp3) is 0.667. The molecular weight excluding hydrogens is 238 g/mol. The summed E-state index contributed by atoms with van der Waals surface area (Å²) >= 11 is 0. The van der Waals surface area contributed by atoms with Crippen molar-refractivity contribution in [1.29, 1.82) is 0 Å². The van der Waals surface area contributed by atoms with Gasteiger partial charge in [0.2, 0.25) is 0 Å². The molecule has 19 heavy (non-hydrogen) atoms. The molecule has 4 heteroatoms. The summed E-state index contributed by atoms with van der Waals surface area (Å²) in [5, 5.41) is 0. The summed E-state index contributed by atoms with van der Waals surface area (Å²) < 4.78 is 0. The molecule has 0 radical (unpaired) electrons. The lowest BCUT2D eigenvalue weighted by atomic mass is 10.1. The van der Waals surface area contributed by atoms with E-state index in [2.05, 4.69) is 9.97 Å². The number of amides is 1. The lowest BCUT2D eigenvalue weighted by Gasteiger charge is -2.25. The first-order valence-corrected chi connectivity index (χ1v) is 7.34. The molecule has 2 rings (SSSR count). The van der Waals surface area contributed by atoms with Gasteiger partial charge in [0, 0.05) is 19.3 Å². The summed E-state index contributed by atoms with van der Waals surface area (Å²) in [7, 11) is 0. The molecule has 104 valence electrons.